The minimum Gasteiger partial charge on any atom is -0.297 e. The predicted octanol–water partition coefficient (Wildman–Crippen LogP) is 4.39. The minimum absolute atomic E-state index is 0.0480. The molecule has 86 valence electrons. The summed E-state index contributed by atoms with van der Waals surface area (Å²) in [6, 6.07) is 0. The van der Waals surface area contributed by atoms with Gasteiger partial charge in [0.15, 0.2) is 5.78 Å². The van der Waals surface area contributed by atoms with Crippen molar-refractivity contribution in [1.29, 1.82) is 0 Å². The van der Waals surface area contributed by atoms with Gasteiger partial charge in [-0.05, 0) is 12.8 Å². The van der Waals surface area contributed by atoms with Gasteiger partial charge in [0.25, 0.3) is 0 Å². The Balaban J connectivity index is 2.61. The summed E-state index contributed by atoms with van der Waals surface area (Å²) >= 11 is 14.6. The second-order valence-corrected chi connectivity index (χ2v) is 10.4. The van der Waals surface area contributed by atoms with Crippen LogP contribution in [0.3, 0.4) is 0 Å². The fourth-order valence-corrected chi connectivity index (χ4v) is 8.58. The molecular weight excluding hydrogens is 456 g/mol. The van der Waals surface area contributed by atoms with E-state index in [1.165, 1.54) is 0 Å². The summed E-state index contributed by atoms with van der Waals surface area (Å²) in [6.45, 7) is 4.11. The highest BCUT2D eigenvalue weighted by Gasteiger charge is 2.75. The molecule has 2 saturated carbocycles. The molecule has 2 aliphatic carbocycles. The van der Waals surface area contributed by atoms with Gasteiger partial charge in [0.2, 0.25) is 0 Å². The van der Waals surface area contributed by atoms with E-state index in [-0.39, 0.29) is 23.7 Å². The number of alkyl halides is 4. The van der Waals surface area contributed by atoms with Crippen LogP contribution in [0.2, 0.25) is 0 Å². The molecule has 0 heterocycles. The first-order valence-corrected chi connectivity index (χ1v) is 8.41. The van der Waals surface area contributed by atoms with Crippen LogP contribution in [-0.4, -0.2) is 18.7 Å². The quantitative estimate of drug-likeness (QED) is 0.523. The second kappa shape index (κ2) is 3.55. The van der Waals surface area contributed by atoms with Crippen molar-refractivity contribution < 1.29 is 4.79 Å². The van der Waals surface area contributed by atoms with E-state index in [4.69, 9.17) is 0 Å². The van der Waals surface area contributed by atoms with Crippen LogP contribution in [0.4, 0.5) is 0 Å². The standard InChI is InChI=1S/C10H12Br4O/c1-8(2)6(15)10(14)4-3-9(8,5(10)11)7(12)13/h5,7H,3-4H2,1-2H3/t5-,9+,10+/m1/s1. The van der Waals surface area contributed by atoms with Crippen LogP contribution in [0.1, 0.15) is 26.7 Å². The molecule has 2 rings (SSSR count). The number of ketones is 1. The minimum atomic E-state index is -0.365. The zero-order chi connectivity index (χ0) is 11.6. The van der Waals surface area contributed by atoms with Crippen LogP contribution in [0.5, 0.6) is 0 Å². The van der Waals surface area contributed by atoms with Gasteiger partial charge >= 0.3 is 0 Å². The highest BCUT2D eigenvalue weighted by atomic mass is 79.9. The van der Waals surface area contributed by atoms with Gasteiger partial charge in [-0.3, -0.25) is 4.79 Å². The number of rotatable bonds is 1. The zero-order valence-corrected chi connectivity index (χ0v) is 14.8. The van der Waals surface area contributed by atoms with Gasteiger partial charge in [-0.15, -0.1) is 0 Å². The van der Waals surface area contributed by atoms with Gasteiger partial charge in [0.05, 0.1) is 8.06 Å². The number of Topliss-reactive ketones (excluding diaryl/α,β-unsaturated/α-hetero) is 1. The van der Waals surface area contributed by atoms with E-state index >= 15 is 0 Å². The van der Waals surface area contributed by atoms with Crippen molar-refractivity contribution in [2.75, 3.05) is 0 Å². The SMILES string of the molecule is CC1(C)C(=O)[C@]2(Br)CC[C@@]1(C(Br)Br)[C@H]2Br. The molecule has 0 N–H and O–H groups in total. The van der Waals surface area contributed by atoms with Crippen molar-refractivity contribution in [2.24, 2.45) is 10.8 Å². The van der Waals surface area contributed by atoms with Crippen molar-refractivity contribution in [2.45, 2.75) is 39.6 Å². The summed E-state index contributed by atoms with van der Waals surface area (Å²) in [4.78, 5) is 12.6. The molecule has 15 heavy (non-hydrogen) atoms. The zero-order valence-electron chi connectivity index (χ0n) is 8.49. The first-order chi connectivity index (χ1) is 6.71. The Hall–Kier alpha value is 1.59. The molecule has 0 aromatic heterocycles. The maximum absolute atomic E-state index is 12.4. The maximum Gasteiger partial charge on any atom is 0.156 e. The van der Waals surface area contributed by atoms with Crippen LogP contribution >= 0.6 is 63.7 Å². The monoisotopic (exact) mass is 464 g/mol. The van der Waals surface area contributed by atoms with Gasteiger partial charge in [-0.1, -0.05) is 77.6 Å². The van der Waals surface area contributed by atoms with Crippen molar-refractivity contribution in [3.05, 3.63) is 0 Å². The highest BCUT2D eigenvalue weighted by Crippen LogP contribution is 2.72. The summed E-state index contributed by atoms with van der Waals surface area (Å²) < 4.78 is -0.209. The lowest BCUT2D eigenvalue weighted by Crippen LogP contribution is -2.45. The maximum atomic E-state index is 12.4. The van der Waals surface area contributed by atoms with Crippen molar-refractivity contribution >= 4 is 69.5 Å². The van der Waals surface area contributed by atoms with Crippen LogP contribution in [-0.2, 0) is 4.79 Å². The number of carbonyl (C=O) groups is 1. The van der Waals surface area contributed by atoms with E-state index in [0.717, 1.165) is 12.8 Å². The number of carbonyl (C=O) groups excluding carboxylic acids is 1. The first kappa shape index (κ1) is 13.0. The Bertz CT molecular complexity index is 327. The molecule has 2 fully saturated rings. The number of fused-ring (bicyclic) bond motifs is 2. The van der Waals surface area contributed by atoms with Crippen LogP contribution < -0.4 is 0 Å². The fourth-order valence-electron chi connectivity index (χ4n) is 3.13. The molecule has 0 radical (unpaired) electrons. The van der Waals surface area contributed by atoms with E-state index in [0.29, 0.717) is 5.78 Å². The first-order valence-electron chi connectivity index (χ1n) is 4.87. The van der Waals surface area contributed by atoms with Crippen molar-refractivity contribution in [3.8, 4) is 0 Å². The Kier molecular flexibility index (Phi) is 3.08. The normalized spacial score (nSPS) is 47.9. The Morgan fingerprint density at radius 1 is 1.33 bits per heavy atom. The summed E-state index contributed by atoms with van der Waals surface area (Å²) in [6.07, 6.45) is 1.97. The molecule has 2 bridgehead atoms. The average molecular weight is 468 g/mol. The lowest BCUT2D eigenvalue weighted by molar-refractivity contribution is -0.131. The van der Waals surface area contributed by atoms with Crippen LogP contribution in [0.25, 0.3) is 0 Å². The van der Waals surface area contributed by atoms with Gasteiger partial charge in [0, 0.05) is 15.7 Å². The van der Waals surface area contributed by atoms with E-state index in [9.17, 15) is 4.79 Å². The van der Waals surface area contributed by atoms with Gasteiger partial charge < -0.3 is 0 Å². The third kappa shape index (κ3) is 1.27. The van der Waals surface area contributed by atoms with Crippen molar-refractivity contribution in [1.82, 2.24) is 0 Å². The summed E-state index contributed by atoms with van der Waals surface area (Å²) in [5.74, 6) is 0.326. The van der Waals surface area contributed by atoms with Crippen LogP contribution in [0.15, 0.2) is 0 Å². The predicted molar refractivity (Wildman–Crippen MR) is 76.5 cm³/mol. The molecule has 0 spiro atoms. The lowest BCUT2D eigenvalue weighted by atomic mass is 9.65. The Labute approximate surface area is 124 Å². The largest absolute Gasteiger partial charge is 0.297 e. The summed E-state index contributed by atoms with van der Waals surface area (Å²) in [5, 5.41) is 0. The summed E-state index contributed by atoms with van der Waals surface area (Å²) in [5.41, 5.74) is -0.353. The number of halogens is 4. The topological polar surface area (TPSA) is 17.1 Å². The van der Waals surface area contributed by atoms with Crippen LogP contribution in [0, 0.1) is 10.8 Å². The molecule has 1 nitrogen and oxygen atoms in total. The average Bonchev–Trinajstić information content (AvgIpc) is 2.45. The second-order valence-electron chi connectivity index (χ2n) is 5.02. The molecule has 2 aliphatic rings. The molecule has 0 unspecified atom stereocenters. The van der Waals surface area contributed by atoms with Crippen molar-refractivity contribution in [3.63, 3.8) is 0 Å². The van der Waals surface area contributed by atoms with Gasteiger partial charge in [-0.2, -0.15) is 0 Å². The molecule has 0 aromatic carbocycles. The lowest BCUT2D eigenvalue weighted by Gasteiger charge is -2.43. The molecule has 0 aliphatic heterocycles. The van der Waals surface area contributed by atoms with E-state index in [1.807, 2.05) is 0 Å². The molecule has 5 heteroatoms. The smallest absolute Gasteiger partial charge is 0.156 e. The Morgan fingerprint density at radius 3 is 2.13 bits per heavy atom. The Morgan fingerprint density at radius 2 is 1.87 bits per heavy atom. The number of hydrogen-bond donors (Lipinski definition) is 0. The molecule has 0 aromatic rings. The summed E-state index contributed by atoms with van der Waals surface area (Å²) in [7, 11) is 0. The fraction of sp³-hybridized carbons (Fsp3) is 0.900. The number of hydrogen-bond acceptors (Lipinski definition) is 1. The molecule has 3 atom stereocenters. The third-order valence-electron chi connectivity index (χ3n) is 4.25. The van der Waals surface area contributed by atoms with E-state index < -0.39 is 0 Å². The van der Waals surface area contributed by atoms with Gasteiger partial charge in [0.1, 0.15) is 0 Å². The molecule has 0 saturated heterocycles. The third-order valence-corrected chi connectivity index (χ3v) is 9.32. The van der Waals surface area contributed by atoms with Gasteiger partial charge in [-0.25, -0.2) is 0 Å². The molecular formula is C10H12Br4O. The highest BCUT2D eigenvalue weighted by molar-refractivity contribution is 9.24. The molecule has 0 amide bonds. The van der Waals surface area contributed by atoms with E-state index in [1.54, 1.807) is 0 Å². The van der Waals surface area contributed by atoms with E-state index in [2.05, 4.69) is 77.6 Å².